The molecule has 1 aliphatic rings. The van der Waals surface area contributed by atoms with Crippen LogP contribution < -0.4 is 11.5 Å². The van der Waals surface area contributed by atoms with Gasteiger partial charge >= 0.3 is 0 Å². The average molecular weight is 318 g/mol. The van der Waals surface area contributed by atoms with Crippen LogP contribution in [0.2, 0.25) is 0 Å². The summed E-state index contributed by atoms with van der Waals surface area (Å²) in [6, 6.07) is 8.01. The number of rotatable bonds is 3. The second-order valence-electron chi connectivity index (χ2n) is 3.79. The van der Waals surface area contributed by atoms with Crippen LogP contribution in [0.4, 0.5) is 0 Å². The van der Waals surface area contributed by atoms with Gasteiger partial charge in [0, 0.05) is 10.4 Å². The van der Waals surface area contributed by atoms with Gasteiger partial charge in [-0.3, -0.25) is 0 Å². The minimum Gasteiger partial charge on any atom is -0.369 e. The lowest BCUT2D eigenvalue weighted by atomic mass is 10.1. The normalized spacial score (nSPS) is 15.0. The smallest absolute Gasteiger partial charge is 0.211 e. The molecule has 4 N–H and O–H groups in total. The lowest BCUT2D eigenvalue weighted by Gasteiger charge is -2.03. The second-order valence-corrected chi connectivity index (χ2v) is 4.71. The zero-order valence-corrected chi connectivity index (χ0v) is 11.5. The SMILES string of the molecule is Cl.NC(N)=N/N=C(\c1ccc(Br)cc1)C1CC1. The number of benzene rings is 1. The van der Waals surface area contributed by atoms with Gasteiger partial charge in [-0.1, -0.05) is 28.1 Å². The van der Waals surface area contributed by atoms with Gasteiger partial charge in [-0.2, -0.15) is 5.10 Å². The summed E-state index contributed by atoms with van der Waals surface area (Å²) in [7, 11) is 0. The molecule has 1 fully saturated rings. The van der Waals surface area contributed by atoms with Crippen LogP contribution in [0.15, 0.2) is 38.9 Å². The van der Waals surface area contributed by atoms with Gasteiger partial charge < -0.3 is 11.5 Å². The molecule has 0 aromatic heterocycles. The van der Waals surface area contributed by atoms with E-state index in [0.717, 1.165) is 28.6 Å². The van der Waals surface area contributed by atoms with Gasteiger partial charge in [0.2, 0.25) is 5.96 Å². The maximum Gasteiger partial charge on any atom is 0.211 e. The Morgan fingerprint density at radius 3 is 2.18 bits per heavy atom. The van der Waals surface area contributed by atoms with E-state index >= 15 is 0 Å². The topological polar surface area (TPSA) is 76.8 Å². The molecular formula is C11H14BrClN4. The van der Waals surface area contributed by atoms with Crippen LogP contribution in [0, 0.1) is 5.92 Å². The summed E-state index contributed by atoms with van der Waals surface area (Å²) in [5.74, 6) is 0.500. The van der Waals surface area contributed by atoms with Crippen molar-refractivity contribution in [3.8, 4) is 0 Å². The summed E-state index contributed by atoms with van der Waals surface area (Å²) in [5, 5.41) is 7.86. The zero-order chi connectivity index (χ0) is 11.5. The van der Waals surface area contributed by atoms with E-state index in [1.807, 2.05) is 24.3 Å². The van der Waals surface area contributed by atoms with Crippen molar-refractivity contribution in [3.05, 3.63) is 34.3 Å². The van der Waals surface area contributed by atoms with Crippen LogP contribution in [0.3, 0.4) is 0 Å². The van der Waals surface area contributed by atoms with Crippen LogP contribution >= 0.6 is 28.3 Å². The Bertz CT molecular complexity index is 433. The van der Waals surface area contributed by atoms with Crippen LogP contribution in [0.1, 0.15) is 18.4 Å². The second kappa shape index (κ2) is 6.02. The molecule has 0 atom stereocenters. The fourth-order valence-corrected chi connectivity index (χ4v) is 1.73. The zero-order valence-electron chi connectivity index (χ0n) is 9.14. The molecule has 0 spiro atoms. The van der Waals surface area contributed by atoms with E-state index < -0.39 is 0 Å². The molecule has 0 radical (unpaired) electrons. The maximum atomic E-state index is 5.28. The Morgan fingerprint density at radius 1 is 1.12 bits per heavy atom. The Balaban J connectivity index is 0.00000144. The molecule has 1 saturated carbocycles. The number of nitrogens with zero attached hydrogens (tertiary/aromatic N) is 2. The molecule has 0 bridgehead atoms. The predicted octanol–water partition coefficient (Wildman–Crippen LogP) is 2.26. The molecule has 0 aliphatic heterocycles. The minimum absolute atomic E-state index is 0. The molecule has 2 rings (SSSR count). The average Bonchev–Trinajstić information content (AvgIpc) is 3.04. The summed E-state index contributed by atoms with van der Waals surface area (Å²) < 4.78 is 1.05. The maximum absolute atomic E-state index is 5.28. The van der Waals surface area contributed by atoms with Gasteiger partial charge in [0.05, 0.1) is 5.71 Å². The fraction of sp³-hybridized carbons (Fsp3) is 0.273. The highest BCUT2D eigenvalue weighted by Crippen LogP contribution is 2.33. The first-order valence-corrected chi connectivity index (χ1v) is 5.88. The molecule has 0 amide bonds. The minimum atomic E-state index is -0.00439. The molecule has 0 heterocycles. The van der Waals surface area contributed by atoms with Crippen LogP contribution in [-0.2, 0) is 0 Å². The van der Waals surface area contributed by atoms with Gasteiger partial charge in [0.1, 0.15) is 0 Å². The van der Waals surface area contributed by atoms with Crippen molar-refractivity contribution in [3.63, 3.8) is 0 Å². The van der Waals surface area contributed by atoms with E-state index in [2.05, 4.69) is 26.1 Å². The molecular weight excluding hydrogens is 304 g/mol. The number of hydrogen-bond acceptors (Lipinski definition) is 2. The van der Waals surface area contributed by atoms with E-state index in [9.17, 15) is 0 Å². The Labute approximate surface area is 115 Å². The van der Waals surface area contributed by atoms with E-state index in [1.165, 1.54) is 0 Å². The van der Waals surface area contributed by atoms with Gasteiger partial charge in [-0.25, -0.2) is 0 Å². The molecule has 4 nitrogen and oxygen atoms in total. The Kier molecular flexibility index (Phi) is 4.96. The summed E-state index contributed by atoms with van der Waals surface area (Å²) in [6.45, 7) is 0. The first-order chi connectivity index (χ1) is 7.66. The van der Waals surface area contributed by atoms with Crippen molar-refractivity contribution in [1.29, 1.82) is 0 Å². The molecule has 0 saturated heterocycles. The standard InChI is InChI=1S/C11H13BrN4.ClH/c12-9-5-3-8(4-6-9)10(7-1-2-7)15-16-11(13)14;/h3-7H,1-2H2,(H4,13,14,16);1H/b15-10-;. The molecule has 17 heavy (non-hydrogen) atoms. The first kappa shape index (κ1) is 14.0. The van der Waals surface area contributed by atoms with E-state index in [4.69, 9.17) is 11.5 Å². The molecule has 6 heteroatoms. The third kappa shape index (κ3) is 4.02. The summed E-state index contributed by atoms with van der Waals surface area (Å²) in [5.41, 5.74) is 12.6. The lowest BCUT2D eigenvalue weighted by Crippen LogP contribution is -2.22. The number of halogens is 2. The fourth-order valence-electron chi connectivity index (χ4n) is 1.46. The summed E-state index contributed by atoms with van der Waals surface area (Å²) >= 11 is 3.40. The first-order valence-electron chi connectivity index (χ1n) is 5.09. The number of guanidine groups is 1. The van der Waals surface area contributed by atoms with E-state index in [0.29, 0.717) is 5.92 Å². The Morgan fingerprint density at radius 2 is 1.71 bits per heavy atom. The quantitative estimate of drug-likeness (QED) is 0.509. The molecule has 92 valence electrons. The van der Waals surface area contributed by atoms with Gasteiger partial charge in [0.25, 0.3) is 0 Å². The number of hydrogen-bond donors (Lipinski definition) is 2. The van der Waals surface area contributed by atoms with E-state index in [-0.39, 0.29) is 18.4 Å². The third-order valence-electron chi connectivity index (χ3n) is 2.38. The summed E-state index contributed by atoms with van der Waals surface area (Å²) in [4.78, 5) is 0. The van der Waals surface area contributed by atoms with Crippen LogP contribution in [-0.4, -0.2) is 11.7 Å². The molecule has 0 unspecified atom stereocenters. The van der Waals surface area contributed by atoms with Crippen LogP contribution in [0.25, 0.3) is 0 Å². The van der Waals surface area contributed by atoms with Crippen molar-refractivity contribution in [2.24, 2.45) is 27.6 Å². The monoisotopic (exact) mass is 316 g/mol. The van der Waals surface area contributed by atoms with Crippen molar-refractivity contribution in [2.75, 3.05) is 0 Å². The third-order valence-corrected chi connectivity index (χ3v) is 2.91. The highest BCUT2D eigenvalue weighted by molar-refractivity contribution is 9.10. The van der Waals surface area contributed by atoms with Crippen molar-refractivity contribution >= 4 is 40.0 Å². The van der Waals surface area contributed by atoms with Crippen LogP contribution in [0.5, 0.6) is 0 Å². The summed E-state index contributed by atoms with van der Waals surface area (Å²) in [6.07, 6.45) is 2.32. The molecule has 1 aromatic rings. The van der Waals surface area contributed by atoms with Crippen molar-refractivity contribution in [2.45, 2.75) is 12.8 Å². The van der Waals surface area contributed by atoms with Crippen molar-refractivity contribution in [1.82, 2.24) is 0 Å². The van der Waals surface area contributed by atoms with Crippen molar-refractivity contribution < 1.29 is 0 Å². The lowest BCUT2D eigenvalue weighted by molar-refractivity contribution is 1.11. The highest BCUT2D eigenvalue weighted by atomic mass is 79.9. The molecule has 1 aromatic carbocycles. The Hall–Kier alpha value is -1.07. The van der Waals surface area contributed by atoms with Gasteiger partial charge in [-0.15, -0.1) is 17.5 Å². The largest absolute Gasteiger partial charge is 0.369 e. The predicted molar refractivity (Wildman–Crippen MR) is 76.5 cm³/mol. The molecule has 1 aliphatic carbocycles. The van der Waals surface area contributed by atoms with Gasteiger partial charge in [0.15, 0.2) is 0 Å². The van der Waals surface area contributed by atoms with Gasteiger partial charge in [-0.05, 0) is 30.5 Å². The van der Waals surface area contributed by atoms with E-state index in [1.54, 1.807) is 0 Å². The highest BCUT2D eigenvalue weighted by Gasteiger charge is 2.28. The number of nitrogens with two attached hydrogens (primary N) is 2.